The van der Waals surface area contributed by atoms with Crippen LogP contribution in [0.4, 0.5) is 26.3 Å². The molecule has 0 bridgehead atoms. The third-order valence-corrected chi connectivity index (χ3v) is 6.66. The van der Waals surface area contributed by atoms with Crippen molar-refractivity contribution in [3.63, 3.8) is 0 Å². The highest BCUT2D eigenvalue weighted by Gasteiger charge is 2.59. The van der Waals surface area contributed by atoms with Crippen molar-refractivity contribution in [1.29, 1.82) is 0 Å². The summed E-state index contributed by atoms with van der Waals surface area (Å²) in [5.41, 5.74) is -2.24. The number of nitrogens with zero attached hydrogens (tertiary/aromatic N) is 1. The fraction of sp³-hybridized carbons (Fsp3) is 0.280. The zero-order valence-electron chi connectivity index (χ0n) is 17.9. The minimum absolute atomic E-state index is 0.150. The topological polar surface area (TPSA) is 12.5 Å². The van der Waals surface area contributed by atoms with E-state index in [1.54, 1.807) is 0 Å². The summed E-state index contributed by atoms with van der Waals surface area (Å²) in [4.78, 5) is 1.90. The molecule has 0 radical (unpaired) electrons. The summed E-state index contributed by atoms with van der Waals surface area (Å²) in [6, 6.07) is 20.1. The lowest BCUT2D eigenvalue weighted by atomic mass is 9.71. The van der Waals surface area contributed by atoms with Gasteiger partial charge >= 0.3 is 19.4 Å². The third-order valence-electron chi connectivity index (χ3n) is 6.66. The normalized spacial score (nSPS) is 20.5. The zero-order chi connectivity index (χ0) is 24.1. The number of hydrogen-bond donors (Lipinski definition) is 0. The maximum atomic E-state index is 13.6. The Kier molecular flexibility index (Phi) is 5.52. The fourth-order valence-corrected chi connectivity index (χ4v) is 5.27. The summed E-state index contributed by atoms with van der Waals surface area (Å²) >= 11 is 0. The van der Waals surface area contributed by atoms with Crippen LogP contribution < -0.4 is 5.46 Å². The summed E-state index contributed by atoms with van der Waals surface area (Å²) < 4.78 is 87.9. The minimum atomic E-state index is -4.92. The van der Waals surface area contributed by atoms with E-state index >= 15 is 0 Å². The molecule has 3 aromatic rings. The molecule has 0 aliphatic carbocycles. The maximum Gasteiger partial charge on any atom is 0.419 e. The molecule has 2 saturated heterocycles. The lowest BCUT2D eigenvalue weighted by Crippen LogP contribution is -2.46. The Morgan fingerprint density at radius 1 is 0.765 bits per heavy atom. The van der Waals surface area contributed by atoms with Gasteiger partial charge in [0.15, 0.2) is 0 Å². The average Bonchev–Trinajstić information content (AvgIpc) is 3.41. The summed E-state index contributed by atoms with van der Waals surface area (Å²) in [5.74, 6) is 0. The van der Waals surface area contributed by atoms with Gasteiger partial charge in [-0.05, 0) is 42.0 Å². The van der Waals surface area contributed by atoms with Gasteiger partial charge in [-0.15, -0.1) is 0 Å². The zero-order valence-corrected chi connectivity index (χ0v) is 17.9. The molecule has 2 fully saturated rings. The molecule has 2 nitrogen and oxygen atoms in total. The predicted octanol–water partition coefficient (Wildman–Crippen LogP) is 5.86. The molecular formula is C25H20BF6NO. The van der Waals surface area contributed by atoms with Gasteiger partial charge < -0.3 is 9.47 Å². The number of fused-ring (bicyclic) bond motifs is 1. The Balaban J connectivity index is 1.70. The van der Waals surface area contributed by atoms with Gasteiger partial charge in [-0.1, -0.05) is 72.8 Å². The van der Waals surface area contributed by atoms with Gasteiger partial charge in [-0.25, -0.2) is 0 Å². The van der Waals surface area contributed by atoms with E-state index in [9.17, 15) is 26.3 Å². The van der Waals surface area contributed by atoms with Crippen molar-refractivity contribution in [1.82, 2.24) is 4.81 Å². The van der Waals surface area contributed by atoms with E-state index in [1.807, 2.05) is 65.5 Å². The molecule has 0 aromatic heterocycles. The van der Waals surface area contributed by atoms with Gasteiger partial charge in [0.25, 0.3) is 0 Å². The lowest BCUT2D eigenvalue weighted by Gasteiger charge is -2.36. The van der Waals surface area contributed by atoms with Gasteiger partial charge in [0, 0.05) is 6.04 Å². The van der Waals surface area contributed by atoms with E-state index in [-0.39, 0.29) is 17.6 Å². The molecule has 34 heavy (non-hydrogen) atoms. The molecular weight excluding hydrogens is 455 g/mol. The molecule has 2 heterocycles. The second-order valence-corrected chi connectivity index (χ2v) is 8.67. The number of alkyl halides is 6. The Bertz CT molecular complexity index is 1090. The average molecular weight is 475 g/mol. The number of halogens is 6. The highest BCUT2D eigenvalue weighted by Crippen LogP contribution is 2.49. The van der Waals surface area contributed by atoms with Crippen LogP contribution >= 0.6 is 0 Å². The maximum absolute atomic E-state index is 13.6. The standard InChI is InChI=1S/C25H20BF6NO/c27-24(28,29)19-14-20(25(30,31)32)16-21(15-19)26-33-13-7-12-22(33)23(34-26,17-8-3-1-4-9-17)18-10-5-2-6-11-18/h1-6,8-11,14-16,22H,7,12-13H2/t22-/m0/s1. The second-order valence-electron chi connectivity index (χ2n) is 8.67. The summed E-state index contributed by atoms with van der Waals surface area (Å²) in [5, 5.41) is 0. The summed E-state index contributed by atoms with van der Waals surface area (Å²) in [7, 11) is -1.06. The molecule has 0 amide bonds. The van der Waals surface area contributed by atoms with Gasteiger partial charge in [-0.3, -0.25) is 0 Å². The molecule has 176 valence electrons. The van der Waals surface area contributed by atoms with Crippen molar-refractivity contribution in [2.24, 2.45) is 0 Å². The first-order valence-corrected chi connectivity index (χ1v) is 10.9. The Labute approximate surface area is 193 Å². The van der Waals surface area contributed by atoms with Crippen molar-refractivity contribution in [3.8, 4) is 0 Å². The molecule has 0 unspecified atom stereocenters. The van der Waals surface area contributed by atoms with Crippen LogP contribution in [-0.2, 0) is 22.6 Å². The van der Waals surface area contributed by atoms with E-state index in [1.165, 1.54) is 0 Å². The molecule has 9 heteroatoms. The predicted molar refractivity (Wildman–Crippen MR) is 116 cm³/mol. The van der Waals surface area contributed by atoms with Gasteiger partial charge in [0.2, 0.25) is 0 Å². The van der Waals surface area contributed by atoms with Crippen molar-refractivity contribution < 1.29 is 31.0 Å². The second kappa shape index (κ2) is 8.17. The van der Waals surface area contributed by atoms with Crippen LogP contribution in [0, 0.1) is 0 Å². The first kappa shape index (κ1) is 23.0. The molecule has 0 spiro atoms. The monoisotopic (exact) mass is 475 g/mol. The summed E-state index contributed by atoms with van der Waals surface area (Å²) in [6.07, 6.45) is -8.38. The van der Waals surface area contributed by atoms with Crippen LogP contribution in [-0.4, -0.2) is 24.4 Å². The third kappa shape index (κ3) is 3.80. The van der Waals surface area contributed by atoms with Gasteiger partial charge in [-0.2, -0.15) is 26.3 Å². The Morgan fingerprint density at radius 2 is 1.26 bits per heavy atom. The van der Waals surface area contributed by atoms with Crippen LogP contribution in [0.3, 0.4) is 0 Å². The van der Waals surface area contributed by atoms with Crippen LogP contribution in [0.1, 0.15) is 35.1 Å². The number of benzene rings is 3. The molecule has 5 rings (SSSR count). The molecule has 0 N–H and O–H groups in total. The molecule has 2 aliphatic heterocycles. The minimum Gasteiger partial charge on any atom is -0.402 e. The summed E-state index contributed by atoms with van der Waals surface area (Å²) in [6.45, 7) is 0.508. The van der Waals surface area contributed by atoms with Crippen molar-refractivity contribution in [3.05, 3.63) is 101 Å². The van der Waals surface area contributed by atoms with E-state index in [0.717, 1.165) is 29.7 Å². The number of hydrogen-bond acceptors (Lipinski definition) is 2. The Hall–Kier alpha value is -2.78. The SMILES string of the molecule is FC(F)(F)c1cc(B2OC(c3ccccc3)(c3ccccc3)[C@@H]3CCCN23)cc(C(F)(F)F)c1. The van der Waals surface area contributed by atoms with Crippen LogP contribution in [0.15, 0.2) is 78.9 Å². The molecule has 0 saturated carbocycles. The van der Waals surface area contributed by atoms with Crippen LogP contribution in [0.5, 0.6) is 0 Å². The highest BCUT2D eigenvalue weighted by molar-refractivity contribution is 6.65. The Morgan fingerprint density at radius 3 is 1.74 bits per heavy atom. The van der Waals surface area contributed by atoms with Crippen LogP contribution in [0.25, 0.3) is 0 Å². The van der Waals surface area contributed by atoms with E-state index in [2.05, 4.69) is 0 Å². The quantitative estimate of drug-likeness (QED) is 0.348. The van der Waals surface area contributed by atoms with E-state index < -0.39 is 36.1 Å². The van der Waals surface area contributed by atoms with Crippen molar-refractivity contribution in [2.75, 3.05) is 6.54 Å². The van der Waals surface area contributed by atoms with Crippen LogP contribution in [0.2, 0.25) is 0 Å². The van der Waals surface area contributed by atoms with Crippen molar-refractivity contribution in [2.45, 2.75) is 36.8 Å². The van der Waals surface area contributed by atoms with Crippen molar-refractivity contribution >= 4 is 12.5 Å². The van der Waals surface area contributed by atoms with E-state index in [0.29, 0.717) is 13.0 Å². The lowest BCUT2D eigenvalue weighted by molar-refractivity contribution is -0.142. The first-order valence-electron chi connectivity index (χ1n) is 10.9. The van der Waals surface area contributed by atoms with Gasteiger partial charge in [0.05, 0.1) is 11.1 Å². The smallest absolute Gasteiger partial charge is 0.402 e. The molecule has 1 atom stereocenters. The molecule has 3 aromatic carbocycles. The fourth-order valence-electron chi connectivity index (χ4n) is 5.27. The largest absolute Gasteiger partial charge is 0.419 e. The highest BCUT2D eigenvalue weighted by atomic mass is 19.4. The number of rotatable bonds is 3. The first-order chi connectivity index (χ1) is 16.1. The van der Waals surface area contributed by atoms with E-state index in [4.69, 9.17) is 4.65 Å². The molecule has 2 aliphatic rings. The van der Waals surface area contributed by atoms with Gasteiger partial charge in [0.1, 0.15) is 5.60 Å².